The van der Waals surface area contributed by atoms with Crippen LogP contribution in [0.3, 0.4) is 0 Å². The van der Waals surface area contributed by atoms with E-state index in [2.05, 4.69) is 20.7 Å². The predicted octanol–water partition coefficient (Wildman–Crippen LogP) is 4.66. The number of pyridine rings is 1. The topological polar surface area (TPSA) is 71.8 Å². The van der Waals surface area contributed by atoms with Crippen LogP contribution in [-0.2, 0) is 6.18 Å². The number of carbonyl (C=O) groups is 1. The highest BCUT2D eigenvalue weighted by molar-refractivity contribution is 7.21. The lowest BCUT2D eigenvalue weighted by atomic mass is 10.1. The summed E-state index contributed by atoms with van der Waals surface area (Å²) in [5, 5.41) is 10.9. The second-order valence-corrected chi connectivity index (χ2v) is 7.91. The smallest absolute Gasteiger partial charge is 0.360 e. The van der Waals surface area contributed by atoms with Gasteiger partial charge in [0.25, 0.3) is 5.91 Å². The fourth-order valence-electron chi connectivity index (χ4n) is 3.48. The minimum absolute atomic E-state index is 0.176. The number of nitrogens with one attached hydrogen (secondary N) is 2. The molecule has 0 bridgehead atoms. The molecule has 30 heavy (non-hydrogen) atoms. The largest absolute Gasteiger partial charge is 0.433 e. The molecule has 3 aromatic heterocycles. The molecule has 1 aliphatic rings. The van der Waals surface area contributed by atoms with E-state index < -0.39 is 18.0 Å². The Morgan fingerprint density at radius 1 is 1.17 bits per heavy atom. The van der Waals surface area contributed by atoms with E-state index in [1.54, 1.807) is 24.0 Å². The third kappa shape index (κ3) is 3.00. The molecular formula is C20H14F3N5OS. The first-order chi connectivity index (χ1) is 14.3. The van der Waals surface area contributed by atoms with Crippen LogP contribution in [0, 0.1) is 6.92 Å². The zero-order valence-corrected chi connectivity index (χ0v) is 16.3. The summed E-state index contributed by atoms with van der Waals surface area (Å²) in [6.07, 6.45) is -1.69. The quantitative estimate of drug-likeness (QED) is 0.486. The average Bonchev–Trinajstić information content (AvgIpc) is 3.33. The van der Waals surface area contributed by atoms with E-state index in [1.807, 2.05) is 30.3 Å². The Labute approximate surface area is 172 Å². The fourth-order valence-corrected chi connectivity index (χ4v) is 4.59. The molecule has 152 valence electrons. The normalized spacial score (nSPS) is 16.3. The number of alkyl halides is 3. The summed E-state index contributed by atoms with van der Waals surface area (Å²) in [4.78, 5) is 16.9. The van der Waals surface area contributed by atoms with Gasteiger partial charge in [0.15, 0.2) is 0 Å². The van der Waals surface area contributed by atoms with Gasteiger partial charge in [0, 0.05) is 17.1 Å². The van der Waals surface area contributed by atoms with Gasteiger partial charge in [0.05, 0.1) is 17.6 Å². The summed E-state index contributed by atoms with van der Waals surface area (Å²) in [7, 11) is 0. The number of nitrogens with zero attached hydrogens (tertiary/aromatic N) is 3. The number of hydrogen-bond acceptors (Lipinski definition) is 5. The second kappa shape index (κ2) is 6.56. The van der Waals surface area contributed by atoms with Crippen molar-refractivity contribution in [1.29, 1.82) is 0 Å². The van der Waals surface area contributed by atoms with E-state index >= 15 is 0 Å². The molecule has 5 rings (SSSR count). The van der Waals surface area contributed by atoms with E-state index in [9.17, 15) is 18.0 Å². The molecule has 1 unspecified atom stereocenters. The molecular weight excluding hydrogens is 415 g/mol. The van der Waals surface area contributed by atoms with Crippen molar-refractivity contribution < 1.29 is 18.0 Å². The molecule has 1 aromatic carbocycles. The lowest BCUT2D eigenvalue weighted by molar-refractivity contribution is -0.141. The molecule has 0 fully saturated rings. The molecule has 10 heteroatoms. The Bertz CT molecular complexity index is 1280. The molecule has 1 atom stereocenters. The van der Waals surface area contributed by atoms with Crippen molar-refractivity contribution in [1.82, 2.24) is 20.1 Å². The molecule has 0 radical (unpaired) electrons. The van der Waals surface area contributed by atoms with Gasteiger partial charge in [0.1, 0.15) is 21.6 Å². The van der Waals surface area contributed by atoms with Crippen LogP contribution in [0.2, 0.25) is 0 Å². The number of carbonyl (C=O) groups excluding carboxylic acids is 1. The lowest BCUT2D eigenvalue weighted by Gasteiger charge is -2.25. The van der Waals surface area contributed by atoms with E-state index in [0.29, 0.717) is 21.5 Å². The molecule has 0 saturated heterocycles. The number of aryl methyl sites for hydroxylation is 1. The maximum atomic E-state index is 13.1. The van der Waals surface area contributed by atoms with E-state index in [1.165, 1.54) is 0 Å². The van der Waals surface area contributed by atoms with E-state index in [-0.39, 0.29) is 10.7 Å². The van der Waals surface area contributed by atoms with Gasteiger partial charge in [-0.25, -0.2) is 9.67 Å². The van der Waals surface area contributed by atoms with Gasteiger partial charge < -0.3 is 10.6 Å². The number of fused-ring (bicyclic) bond motifs is 3. The number of para-hydroxylation sites is 1. The number of anilines is 1. The molecule has 0 saturated carbocycles. The summed E-state index contributed by atoms with van der Waals surface area (Å²) in [5.74, 6) is -0.364. The highest BCUT2D eigenvalue weighted by atomic mass is 32.1. The first-order valence-corrected chi connectivity index (χ1v) is 9.81. The summed E-state index contributed by atoms with van der Waals surface area (Å²) < 4.78 is 41.0. The fraction of sp³-hybridized carbons (Fsp3) is 0.150. The van der Waals surface area contributed by atoms with Crippen molar-refractivity contribution in [3.8, 4) is 5.69 Å². The minimum Gasteiger partial charge on any atom is -0.360 e. The Morgan fingerprint density at radius 3 is 2.67 bits per heavy atom. The van der Waals surface area contributed by atoms with Crippen LogP contribution in [-0.4, -0.2) is 20.7 Å². The van der Waals surface area contributed by atoms with Crippen LogP contribution >= 0.6 is 11.3 Å². The Hall–Kier alpha value is -3.40. The molecule has 6 nitrogen and oxygen atoms in total. The first-order valence-electron chi connectivity index (χ1n) is 9.00. The maximum absolute atomic E-state index is 13.1. The van der Waals surface area contributed by atoms with Gasteiger partial charge in [-0.15, -0.1) is 11.3 Å². The first kappa shape index (κ1) is 18.6. The van der Waals surface area contributed by atoms with Crippen molar-refractivity contribution >= 4 is 33.1 Å². The molecule has 2 N–H and O–H groups in total. The van der Waals surface area contributed by atoms with Crippen LogP contribution in [0.4, 0.5) is 18.9 Å². The van der Waals surface area contributed by atoms with Crippen LogP contribution in [0.15, 0.2) is 48.8 Å². The third-order valence-corrected chi connectivity index (χ3v) is 5.96. The molecule has 1 amide bonds. The number of rotatable bonds is 2. The van der Waals surface area contributed by atoms with Gasteiger partial charge in [-0.1, -0.05) is 18.2 Å². The number of benzene rings is 1. The van der Waals surface area contributed by atoms with Gasteiger partial charge >= 0.3 is 6.18 Å². The van der Waals surface area contributed by atoms with E-state index in [4.69, 9.17) is 0 Å². The van der Waals surface area contributed by atoms with Gasteiger partial charge in [-0.05, 0) is 30.7 Å². The summed E-state index contributed by atoms with van der Waals surface area (Å²) in [5.41, 5.74) is 1.52. The average molecular weight is 429 g/mol. The SMILES string of the molecule is Cc1cc(C(F)(F)F)nc2sc3c(c12)NC(c1cnn(-c2ccccc2)c1)NC3=O. The van der Waals surface area contributed by atoms with Crippen LogP contribution in [0.5, 0.6) is 0 Å². The molecule has 0 aliphatic carbocycles. The highest BCUT2D eigenvalue weighted by Gasteiger charge is 2.35. The third-order valence-electron chi connectivity index (χ3n) is 4.88. The van der Waals surface area contributed by atoms with Crippen LogP contribution < -0.4 is 10.6 Å². The Kier molecular flexibility index (Phi) is 4.07. The van der Waals surface area contributed by atoms with Crippen LogP contribution in [0.1, 0.15) is 32.7 Å². The predicted molar refractivity (Wildman–Crippen MR) is 107 cm³/mol. The molecule has 0 spiro atoms. The maximum Gasteiger partial charge on any atom is 0.433 e. The summed E-state index contributed by atoms with van der Waals surface area (Å²) >= 11 is 0.945. The summed E-state index contributed by atoms with van der Waals surface area (Å²) in [6.45, 7) is 1.59. The Balaban J connectivity index is 1.54. The summed E-state index contributed by atoms with van der Waals surface area (Å²) in [6, 6.07) is 10.5. The second-order valence-electron chi connectivity index (χ2n) is 6.91. The number of amides is 1. The standard InChI is InChI=1S/C20H14F3N5OS/c1-10-7-13(20(21,22)23)25-19-14(10)15-16(30-19)18(29)27-17(26-15)11-8-24-28(9-11)12-5-3-2-4-6-12/h2-9,17,26H,1H3,(H,27,29). The van der Waals surface area contributed by atoms with E-state index in [0.717, 1.165) is 28.7 Å². The van der Waals surface area contributed by atoms with Crippen molar-refractivity contribution in [2.24, 2.45) is 0 Å². The monoisotopic (exact) mass is 429 g/mol. The number of hydrogen-bond donors (Lipinski definition) is 2. The van der Waals surface area contributed by atoms with Gasteiger partial charge in [0.2, 0.25) is 0 Å². The highest BCUT2D eigenvalue weighted by Crippen LogP contribution is 2.42. The van der Waals surface area contributed by atoms with Gasteiger partial charge in [-0.3, -0.25) is 4.79 Å². The molecule has 1 aliphatic heterocycles. The van der Waals surface area contributed by atoms with Crippen molar-refractivity contribution in [3.05, 3.63) is 70.5 Å². The number of thiophene rings is 1. The van der Waals surface area contributed by atoms with Crippen LogP contribution in [0.25, 0.3) is 15.9 Å². The lowest BCUT2D eigenvalue weighted by Crippen LogP contribution is -2.37. The minimum atomic E-state index is -4.55. The molecule has 4 heterocycles. The number of halogens is 3. The Morgan fingerprint density at radius 2 is 1.93 bits per heavy atom. The number of aromatic nitrogens is 3. The van der Waals surface area contributed by atoms with Crippen molar-refractivity contribution in [2.45, 2.75) is 19.3 Å². The zero-order valence-electron chi connectivity index (χ0n) is 15.5. The van der Waals surface area contributed by atoms with Crippen molar-refractivity contribution in [2.75, 3.05) is 5.32 Å². The van der Waals surface area contributed by atoms with Gasteiger partial charge in [-0.2, -0.15) is 18.3 Å². The van der Waals surface area contributed by atoms with Crippen molar-refractivity contribution in [3.63, 3.8) is 0 Å². The molecule has 4 aromatic rings. The zero-order chi connectivity index (χ0) is 21.0.